The minimum atomic E-state index is -1.60. The van der Waals surface area contributed by atoms with E-state index in [0.717, 1.165) is 16.5 Å². The van der Waals surface area contributed by atoms with Crippen LogP contribution < -0.4 is 65.9 Å². The lowest BCUT2D eigenvalue weighted by Gasteiger charge is -2.31. The number of halogens is 1. The largest absolute Gasteiger partial charge is 0.370 e. The van der Waals surface area contributed by atoms with Crippen molar-refractivity contribution < 1.29 is 43.2 Å². The van der Waals surface area contributed by atoms with Crippen molar-refractivity contribution in [3.63, 3.8) is 0 Å². The Morgan fingerprint density at radius 3 is 2.04 bits per heavy atom. The molecule has 2 saturated heterocycles. The Balaban J connectivity index is 1.40. The van der Waals surface area contributed by atoms with Gasteiger partial charge in [-0.05, 0) is 98.6 Å². The van der Waals surface area contributed by atoms with Gasteiger partial charge in [-0.25, -0.2) is 0 Å². The second-order valence-corrected chi connectivity index (χ2v) is 21.0. The summed E-state index contributed by atoms with van der Waals surface area (Å²) < 4.78 is 0. The van der Waals surface area contributed by atoms with Crippen molar-refractivity contribution in [1.82, 2.24) is 47.1 Å². The van der Waals surface area contributed by atoms with Gasteiger partial charge in [0.15, 0.2) is 11.9 Å². The van der Waals surface area contributed by atoms with E-state index in [-0.39, 0.29) is 108 Å². The number of aliphatic imine (C=N–C) groups is 2. The fraction of sp³-hybridized carbons (Fsp3) is 0.446. The lowest BCUT2D eigenvalue weighted by atomic mass is 9.96. The molecule has 1 unspecified atom stereocenters. The highest BCUT2D eigenvalue weighted by molar-refractivity contribution is 6.30. The van der Waals surface area contributed by atoms with Crippen LogP contribution in [0, 0.1) is 5.92 Å². The zero-order valence-corrected chi connectivity index (χ0v) is 46.6. The predicted octanol–water partition coefficient (Wildman–Crippen LogP) is -0.722. The van der Waals surface area contributed by atoms with Crippen molar-refractivity contribution in [1.29, 1.82) is 0 Å². The molecule has 26 heteroatoms. The molecule has 3 heterocycles. The number of nitrogens with one attached hydrogen (secondary N) is 8. The van der Waals surface area contributed by atoms with Crippen LogP contribution >= 0.6 is 11.6 Å². The first-order valence-corrected chi connectivity index (χ1v) is 27.7. The number of nitrogens with zero attached hydrogens (tertiary/aromatic N) is 3. The number of hydrogen-bond acceptors (Lipinski definition) is 11. The highest BCUT2D eigenvalue weighted by Gasteiger charge is 2.44. The number of aromatic nitrogens is 1. The molecule has 6 rings (SSSR count). The molecule has 18 N–H and O–H groups in total. The van der Waals surface area contributed by atoms with Crippen LogP contribution in [0.2, 0.25) is 5.02 Å². The fourth-order valence-corrected chi connectivity index (χ4v) is 10.2. The first kappa shape index (κ1) is 62.5. The molecule has 3 aromatic carbocycles. The number of primary amides is 1. The number of aromatic amines is 1. The Hall–Kier alpha value is -8.74. The maximum atomic E-state index is 15.2. The molecule has 2 aliphatic rings. The van der Waals surface area contributed by atoms with Crippen LogP contribution in [0.25, 0.3) is 10.9 Å². The summed E-state index contributed by atoms with van der Waals surface area (Å²) in [4.78, 5) is 140. The molecule has 440 valence electrons. The Labute approximate surface area is 479 Å². The molecule has 0 aliphatic carbocycles. The number of benzene rings is 3. The molecule has 8 atom stereocenters. The summed E-state index contributed by atoms with van der Waals surface area (Å²) in [5.74, 6) is -7.52. The molecule has 0 saturated carbocycles. The number of amides is 9. The van der Waals surface area contributed by atoms with Gasteiger partial charge in [0.05, 0.1) is 6.42 Å². The van der Waals surface area contributed by atoms with E-state index < -0.39 is 102 Å². The Morgan fingerprint density at radius 2 is 1.34 bits per heavy atom. The molecule has 2 aliphatic heterocycles. The second kappa shape index (κ2) is 30.7. The zero-order chi connectivity index (χ0) is 59.3. The SMILES string of the molecule is CC(=O)N[C@@H](CCCN=C(N)N)C(=O)N[C@H]1CC(=O)NCCCC[C@@H](C(N)=O)NC(=O)[C@H](Cc2c[nH]c3ccccc23)NC(=O)[C@H](CCCN=C(N)N)NC(=O)[C@@H](Cc2ccccc2)NC(=O)[C@@H]2CC(Cc3ccc(Cl)cc3)CN2C1=O. The molecule has 82 heavy (non-hydrogen) atoms. The van der Waals surface area contributed by atoms with Crippen LogP contribution in [-0.4, -0.2) is 143 Å². The average molecular weight is 1150 g/mol. The van der Waals surface area contributed by atoms with Gasteiger partial charge in [-0.1, -0.05) is 72.3 Å². The molecular weight excluding hydrogens is 1080 g/mol. The summed E-state index contributed by atoms with van der Waals surface area (Å²) in [6.45, 7) is 1.39. The van der Waals surface area contributed by atoms with Gasteiger partial charge in [-0.15, -0.1) is 0 Å². The van der Waals surface area contributed by atoms with E-state index in [1.54, 1.807) is 48.7 Å². The standard InChI is InChI=1S/C56H75ClN16O9/c1-32(74)67-41(16-9-23-64-55(59)60)49(77)72-45-29-47(75)63-22-8-7-15-40(48(58)76)68-52(80)44(28-36-30-66-39-14-6-5-13-38(36)39)70-50(78)42(17-10-24-65-56(61)62)69-51(79)43(26-33-11-3-2-4-12-33)71-53(81)46-27-35(31-73(46)54(45)82)25-34-18-20-37(57)21-19-34/h2-6,11-14,18-21,30,35,40-46,66H,7-10,15-17,22-29,31H2,1H3,(H2,58,76)(H,63,75)(H,67,74)(H,68,80)(H,69,79)(H,70,78)(H,71,81)(H,72,77)(H4,59,60,64)(H4,61,62,65)/t35?,40-,41-,42-,43+,44-,45-,46-/m0/s1. The lowest BCUT2D eigenvalue weighted by molar-refractivity contribution is -0.143. The van der Waals surface area contributed by atoms with Gasteiger partial charge in [0.1, 0.15) is 42.3 Å². The number of carbonyl (C=O) groups is 9. The highest BCUT2D eigenvalue weighted by atomic mass is 35.5. The summed E-state index contributed by atoms with van der Waals surface area (Å²) in [5.41, 5.74) is 31.0. The van der Waals surface area contributed by atoms with Crippen LogP contribution in [0.4, 0.5) is 0 Å². The minimum Gasteiger partial charge on any atom is -0.370 e. The molecule has 9 amide bonds. The Morgan fingerprint density at radius 1 is 0.720 bits per heavy atom. The number of rotatable bonds is 18. The Kier molecular flexibility index (Phi) is 23.4. The van der Waals surface area contributed by atoms with Crippen LogP contribution in [0.15, 0.2) is 95.0 Å². The van der Waals surface area contributed by atoms with E-state index in [9.17, 15) is 33.6 Å². The summed E-state index contributed by atoms with van der Waals surface area (Å²) in [6.07, 6.45) is 2.32. The number of carbonyl (C=O) groups excluding carboxylic acids is 9. The maximum Gasteiger partial charge on any atom is 0.246 e. The fourth-order valence-electron chi connectivity index (χ4n) is 10.1. The molecule has 0 bridgehead atoms. The molecule has 0 spiro atoms. The number of guanidine groups is 2. The third-order valence-corrected chi connectivity index (χ3v) is 14.4. The zero-order valence-electron chi connectivity index (χ0n) is 45.8. The van der Waals surface area contributed by atoms with Crippen LogP contribution in [-0.2, 0) is 62.4 Å². The van der Waals surface area contributed by atoms with Crippen molar-refractivity contribution in [2.45, 2.75) is 126 Å². The van der Waals surface area contributed by atoms with Crippen molar-refractivity contribution in [3.05, 3.63) is 107 Å². The van der Waals surface area contributed by atoms with E-state index in [2.05, 4.69) is 52.2 Å². The topological polar surface area (TPSA) is 412 Å². The van der Waals surface area contributed by atoms with Gasteiger partial charge in [0, 0.05) is 68.1 Å². The Bertz CT molecular complexity index is 2950. The first-order valence-electron chi connectivity index (χ1n) is 27.3. The quantitative estimate of drug-likeness (QED) is 0.0333. The first-order chi connectivity index (χ1) is 39.2. The van der Waals surface area contributed by atoms with E-state index in [1.807, 2.05) is 36.4 Å². The molecular formula is C56H75ClN16O9. The number of fused-ring (bicyclic) bond motifs is 2. The van der Waals surface area contributed by atoms with Gasteiger partial charge in [0.25, 0.3) is 0 Å². The van der Waals surface area contributed by atoms with Gasteiger partial charge in [-0.3, -0.25) is 53.1 Å². The normalized spacial score (nSPS) is 22.0. The summed E-state index contributed by atoms with van der Waals surface area (Å²) in [6, 6.07) is 13.8. The van der Waals surface area contributed by atoms with Gasteiger partial charge in [-0.2, -0.15) is 0 Å². The predicted molar refractivity (Wildman–Crippen MR) is 309 cm³/mol. The van der Waals surface area contributed by atoms with Crippen molar-refractivity contribution in [3.8, 4) is 0 Å². The van der Waals surface area contributed by atoms with Crippen LogP contribution in [0.3, 0.4) is 0 Å². The van der Waals surface area contributed by atoms with Gasteiger partial charge in [0.2, 0.25) is 53.2 Å². The highest BCUT2D eigenvalue weighted by Crippen LogP contribution is 2.29. The third-order valence-electron chi connectivity index (χ3n) is 14.2. The average Bonchev–Trinajstić information content (AvgIpc) is 4.08. The van der Waals surface area contributed by atoms with E-state index in [0.29, 0.717) is 22.6 Å². The van der Waals surface area contributed by atoms with Gasteiger partial charge >= 0.3 is 0 Å². The summed E-state index contributed by atoms with van der Waals surface area (Å²) in [7, 11) is 0. The summed E-state index contributed by atoms with van der Waals surface area (Å²) in [5, 5.41) is 20.5. The van der Waals surface area contributed by atoms with Crippen molar-refractivity contribution >= 4 is 87.6 Å². The van der Waals surface area contributed by atoms with Crippen LogP contribution in [0.5, 0.6) is 0 Å². The van der Waals surface area contributed by atoms with Crippen molar-refractivity contribution in [2.24, 2.45) is 44.6 Å². The maximum absolute atomic E-state index is 15.2. The molecule has 1 aromatic heterocycles. The smallest absolute Gasteiger partial charge is 0.246 e. The molecule has 25 nitrogen and oxygen atoms in total. The van der Waals surface area contributed by atoms with Crippen molar-refractivity contribution in [2.75, 3.05) is 26.2 Å². The van der Waals surface area contributed by atoms with E-state index in [1.165, 1.54) is 11.8 Å². The summed E-state index contributed by atoms with van der Waals surface area (Å²) >= 11 is 6.23. The lowest BCUT2D eigenvalue weighted by Crippen LogP contribution is -2.60. The monoisotopic (exact) mass is 1150 g/mol. The molecule has 2 fully saturated rings. The number of para-hydroxylation sites is 1. The molecule has 0 radical (unpaired) electrons. The molecule has 4 aromatic rings. The third kappa shape index (κ3) is 19.2. The number of hydrogen-bond donors (Lipinski definition) is 13. The second-order valence-electron chi connectivity index (χ2n) is 20.6. The van der Waals surface area contributed by atoms with Gasteiger partial charge < -0.3 is 75.8 Å². The number of H-pyrrole nitrogens is 1. The number of nitrogens with two attached hydrogens (primary N) is 5. The van der Waals surface area contributed by atoms with E-state index in [4.69, 9.17) is 40.3 Å². The van der Waals surface area contributed by atoms with E-state index >= 15 is 9.59 Å². The minimum absolute atomic E-state index is 0.0242. The van der Waals surface area contributed by atoms with Crippen LogP contribution in [0.1, 0.15) is 81.4 Å².